The second-order valence-corrected chi connectivity index (χ2v) is 9.93. The number of hydrogen-bond donors (Lipinski definition) is 4. The molecule has 4 aromatic heterocycles. The number of nitrogens with zero attached hydrogens (tertiary/aromatic N) is 5. The Labute approximate surface area is 225 Å². The molecule has 1 aliphatic heterocycles. The number of anilines is 1. The van der Waals surface area contributed by atoms with Gasteiger partial charge in [-0.3, -0.25) is 9.59 Å². The normalized spacial score (nSPS) is 18.1. The van der Waals surface area contributed by atoms with E-state index in [9.17, 15) is 14.7 Å². The number of aromatic nitrogens is 5. The summed E-state index contributed by atoms with van der Waals surface area (Å²) in [6.07, 6.45) is 2.56. The highest BCUT2D eigenvalue weighted by atomic mass is 16.5. The molecule has 0 saturated carbocycles. The first-order chi connectivity index (χ1) is 18.8. The Kier molecular flexibility index (Phi) is 7.49. The number of aryl methyl sites for hydroxylation is 1. The Morgan fingerprint density at radius 2 is 2.13 bits per heavy atom. The van der Waals surface area contributed by atoms with Crippen LogP contribution in [-0.4, -0.2) is 85.8 Å². The van der Waals surface area contributed by atoms with Crippen LogP contribution >= 0.6 is 0 Å². The van der Waals surface area contributed by atoms with Crippen molar-refractivity contribution in [1.29, 1.82) is 0 Å². The van der Waals surface area contributed by atoms with Crippen molar-refractivity contribution in [1.82, 2.24) is 34.7 Å². The van der Waals surface area contributed by atoms with Crippen LogP contribution < -0.4 is 10.6 Å². The smallest absolute Gasteiger partial charge is 0.243 e. The van der Waals surface area contributed by atoms with Gasteiger partial charge in [0.05, 0.1) is 41.1 Å². The number of likely N-dealkylation sites (tertiary alicyclic amines) is 1. The molecule has 12 heteroatoms. The predicted octanol–water partition coefficient (Wildman–Crippen LogP) is 2.12. The lowest BCUT2D eigenvalue weighted by molar-refractivity contribution is -0.137. The van der Waals surface area contributed by atoms with Gasteiger partial charge in [-0.05, 0) is 31.0 Å². The number of hydrogen-bond acceptors (Lipinski definition) is 8. The van der Waals surface area contributed by atoms with Crippen molar-refractivity contribution in [2.75, 3.05) is 32.6 Å². The molecule has 0 aromatic carbocycles. The van der Waals surface area contributed by atoms with Crippen LogP contribution in [0.25, 0.3) is 33.5 Å². The van der Waals surface area contributed by atoms with Crippen LogP contribution in [0.2, 0.25) is 0 Å². The largest absolute Gasteiger partial charge is 0.391 e. The molecule has 0 spiro atoms. The van der Waals surface area contributed by atoms with Gasteiger partial charge in [-0.15, -0.1) is 0 Å². The molecular weight excluding hydrogens is 500 g/mol. The van der Waals surface area contributed by atoms with E-state index in [1.54, 1.807) is 13.4 Å². The Balaban J connectivity index is 1.47. The predicted molar refractivity (Wildman–Crippen MR) is 147 cm³/mol. The van der Waals surface area contributed by atoms with Gasteiger partial charge in [-0.1, -0.05) is 6.07 Å². The molecule has 1 aliphatic rings. The molecular formula is C27H34N8O4. The molecule has 2 amide bonds. The van der Waals surface area contributed by atoms with E-state index in [0.29, 0.717) is 42.3 Å². The molecule has 0 radical (unpaired) electrons. The average molecular weight is 535 g/mol. The summed E-state index contributed by atoms with van der Waals surface area (Å²) in [6.45, 7) is 2.10. The van der Waals surface area contributed by atoms with E-state index in [0.717, 1.165) is 22.1 Å². The van der Waals surface area contributed by atoms with Crippen molar-refractivity contribution in [2.45, 2.75) is 44.4 Å². The van der Waals surface area contributed by atoms with E-state index in [-0.39, 0.29) is 24.8 Å². The molecule has 5 heterocycles. The third-order valence-corrected chi connectivity index (χ3v) is 7.22. The topological polar surface area (TPSA) is 150 Å². The molecule has 39 heavy (non-hydrogen) atoms. The van der Waals surface area contributed by atoms with Gasteiger partial charge in [0.2, 0.25) is 11.8 Å². The maximum Gasteiger partial charge on any atom is 0.243 e. The monoisotopic (exact) mass is 534 g/mol. The molecule has 0 bridgehead atoms. The molecule has 206 valence electrons. The number of ether oxygens (including phenoxy) is 1. The van der Waals surface area contributed by atoms with Gasteiger partial charge in [0.25, 0.3) is 0 Å². The SMILES string of the molecule is CNc1nc2[nH]c(-c3cccc(C(CCCOC)NC(=O)C4C[C@H](O)CN4C(C)=O)n3)cc2c2c1ncn2C. The zero-order valence-electron chi connectivity index (χ0n) is 22.6. The zero-order chi connectivity index (χ0) is 27.7. The number of aliphatic hydroxyl groups is 1. The number of aliphatic hydroxyl groups excluding tert-OH is 1. The average Bonchev–Trinajstić information content (AvgIpc) is 3.64. The van der Waals surface area contributed by atoms with Crippen molar-refractivity contribution in [3.8, 4) is 11.4 Å². The molecule has 3 atom stereocenters. The fraction of sp³-hybridized carbons (Fsp3) is 0.444. The van der Waals surface area contributed by atoms with Crippen molar-refractivity contribution in [2.24, 2.45) is 7.05 Å². The molecule has 0 aliphatic carbocycles. The van der Waals surface area contributed by atoms with Crippen molar-refractivity contribution >= 4 is 39.7 Å². The Bertz CT molecular complexity index is 1510. The number of pyridine rings is 2. The molecule has 4 aromatic rings. The maximum absolute atomic E-state index is 13.3. The number of nitrogens with one attached hydrogen (secondary N) is 3. The number of amides is 2. The highest BCUT2D eigenvalue weighted by Crippen LogP contribution is 2.32. The second-order valence-electron chi connectivity index (χ2n) is 9.93. The summed E-state index contributed by atoms with van der Waals surface area (Å²) in [5.41, 5.74) is 4.65. The van der Waals surface area contributed by atoms with Crippen molar-refractivity contribution in [3.05, 3.63) is 36.3 Å². The number of methoxy groups -OCH3 is 1. The lowest BCUT2D eigenvalue weighted by Gasteiger charge is -2.25. The number of β-amino-alcohol motifs (C(OH)–C–C–N with tert-alkyl or cyclic N) is 1. The first-order valence-corrected chi connectivity index (χ1v) is 13.0. The first-order valence-electron chi connectivity index (χ1n) is 13.0. The standard InChI is InChI=1S/C27H34N8O4/c1-15(36)35-13-16(37)11-22(35)27(38)32-19(9-6-10-39-4)18-7-5-8-20(30-18)21-12-17-24-23(29-14-34(24)3)26(28-2)33-25(17)31-21/h5,7-8,12,14,16,19,22,37H,6,9-11,13H2,1-4H3,(H,32,38)(H2,28,31,33)/t16-,19?,22?/m0/s1. The van der Waals surface area contributed by atoms with Gasteiger partial charge in [0, 0.05) is 53.1 Å². The first kappa shape index (κ1) is 26.6. The summed E-state index contributed by atoms with van der Waals surface area (Å²) < 4.78 is 7.20. The number of carbonyl (C=O) groups excluding carboxylic acids is 2. The number of H-pyrrole nitrogens is 1. The Hall–Kier alpha value is -4.03. The number of fused-ring (bicyclic) bond motifs is 3. The van der Waals surface area contributed by atoms with Crippen LogP contribution in [0.3, 0.4) is 0 Å². The van der Waals surface area contributed by atoms with E-state index < -0.39 is 18.2 Å². The minimum absolute atomic E-state index is 0.156. The fourth-order valence-corrected chi connectivity index (χ4v) is 5.31. The minimum Gasteiger partial charge on any atom is -0.391 e. The molecule has 5 rings (SSSR count). The molecule has 12 nitrogen and oxygen atoms in total. The van der Waals surface area contributed by atoms with Crippen LogP contribution in [0.4, 0.5) is 5.82 Å². The number of imidazole rings is 1. The zero-order valence-corrected chi connectivity index (χ0v) is 22.6. The van der Waals surface area contributed by atoms with E-state index in [2.05, 4.69) is 20.6 Å². The lowest BCUT2D eigenvalue weighted by Crippen LogP contribution is -2.46. The number of aromatic amines is 1. The van der Waals surface area contributed by atoms with Crippen LogP contribution in [-0.2, 0) is 21.4 Å². The quantitative estimate of drug-likeness (QED) is 0.239. The van der Waals surface area contributed by atoms with E-state index in [4.69, 9.17) is 14.7 Å². The van der Waals surface area contributed by atoms with Gasteiger partial charge in [0.15, 0.2) is 5.82 Å². The molecule has 2 unspecified atom stereocenters. The summed E-state index contributed by atoms with van der Waals surface area (Å²) in [7, 11) is 5.40. The van der Waals surface area contributed by atoms with E-state index in [1.807, 2.05) is 42.9 Å². The van der Waals surface area contributed by atoms with Gasteiger partial charge in [-0.2, -0.15) is 0 Å². The Morgan fingerprint density at radius 3 is 2.87 bits per heavy atom. The summed E-state index contributed by atoms with van der Waals surface area (Å²) >= 11 is 0. The van der Waals surface area contributed by atoms with Crippen LogP contribution in [0.5, 0.6) is 0 Å². The van der Waals surface area contributed by atoms with Crippen LogP contribution in [0.1, 0.15) is 37.9 Å². The third-order valence-electron chi connectivity index (χ3n) is 7.22. The molecule has 1 fully saturated rings. The summed E-state index contributed by atoms with van der Waals surface area (Å²) in [4.78, 5) is 44.3. The summed E-state index contributed by atoms with van der Waals surface area (Å²) in [5.74, 6) is 0.147. The molecule has 1 saturated heterocycles. The lowest BCUT2D eigenvalue weighted by atomic mass is 10.0. The second kappa shape index (κ2) is 11.0. The number of carbonyl (C=O) groups is 2. The van der Waals surface area contributed by atoms with Gasteiger partial charge < -0.3 is 34.9 Å². The summed E-state index contributed by atoms with van der Waals surface area (Å²) in [5, 5.41) is 17.2. The third kappa shape index (κ3) is 5.17. The maximum atomic E-state index is 13.3. The van der Waals surface area contributed by atoms with Crippen molar-refractivity contribution < 1.29 is 19.4 Å². The number of rotatable bonds is 9. The van der Waals surface area contributed by atoms with Crippen molar-refractivity contribution in [3.63, 3.8) is 0 Å². The Morgan fingerprint density at radius 1 is 1.31 bits per heavy atom. The molecule has 4 N–H and O–H groups in total. The highest BCUT2D eigenvalue weighted by molar-refractivity contribution is 6.07. The van der Waals surface area contributed by atoms with Gasteiger partial charge in [-0.25, -0.2) is 15.0 Å². The summed E-state index contributed by atoms with van der Waals surface area (Å²) in [6, 6.07) is 6.60. The minimum atomic E-state index is -0.719. The van der Waals surface area contributed by atoms with E-state index >= 15 is 0 Å². The fourth-order valence-electron chi connectivity index (χ4n) is 5.31. The van der Waals surface area contributed by atoms with Crippen LogP contribution in [0, 0.1) is 0 Å². The van der Waals surface area contributed by atoms with E-state index in [1.165, 1.54) is 11.8 Å². The highest BCUT2D eigenvalue weighted by Gasteiger charge is 2.38. The van der Waals surface area contributed by atoms with Gasteiger partial charge in [0.1, 0.15) is 17.2 Å². The van der Waals surface area contributed by atoms with Gasteiger partial charge >= 0.3 is 0 Å². The van der Waals surface area contributed by atoms with Crippen LogP contribution in [0.15, 0.2) is 30.6 Å².